The molecule has 2 aromatic rings. The van der Waals surface area contributed by atoms with Gasteiger partial charge in [0.15, 0.2) is 0 Å². The summed E-state index contributed by atoms with van der Waals surface area (Å²) >= 11 is 7.60. The van der Waals surface area contributed by atoms with Crippen molar-refractivity contribution in [2.45, 2.75) is 23.8 Å². The second kappa shape index (κ2) is 8.85. The molecule has 0 aliphatic carbocycles. The van der Waals surface area contributed by atoms with Gasteiger partial charge in [0.1, 0.15) is 0 Å². The molecule has 0 saturated carbocycles. The van der Waals surface area contributed by atoms with Gasteiger partial charge in [-0.1, -0.05) is 25.4 Å². The molecule has 1 amide bonds. The summed E-state index contributed by atoms with van der Waals surface area (Å²) < 4.78 is 26.6. The first-order chi connectivity index (χ1) is 12.3. The fraction of sp³-hybridized carbons (Fsp3) is 0.294. The zero-order valence-electron chi connectivity index (χ0n) is 14.7. The number of amides is 1. The molecule has 0 atom stereocenters. The quantitative estimate of drug-likeness (QED) is 0.699. The number of nitrogens with zero attached hydrogens (tertiary/aromatic N) is 2. The number of carbonyl (C=O) groups excluding carboxylic acids is 1. The van der Waals surface area contributed by atoms with Crippen molar-refractivity contribution in [3.05, 3.63) is 47.1 Å². The van der Waals surface area contributed by atoms with E-state index in [2.05, 4.69) is 10.3 Å². The zero-order valence-corrected chi connectivity index (χ0v) is 17.1. The van der Waals surface area contributed by atoms with Crippen LogP contribution in [0.4, 0.5) is 5.69 Å². The standard InChI is InChI=1S/C17H20ClN3O3S2/c1-4-21(5-2)26(23,24)13-7-8-15(18)14(10-13)17(22)20-12-6-9-16(25-3)19-11-12/h6-11H,4-5H2,1-3H3,(H,20,22). The number of aromatic nitrogens is 1. The average molecular weight is 414 g/mol. The van der Waals surface area contributed by atoms with Gasteiger partial charge in [-0.05, 0) is 36.6 Å². The minimum absolute atomic E-state index is 0.0339. The van der Waals surface area contributed by atoms with Gasteiger partial charge in [-0.2, -0.15) is 4.31 Å². The van der Waals surface area contributed by atoms with Crippen molar-refractivity contribution in [1.82, 2.24) is 9.29 Å². The van der Waals surface area contributed by atoms with Crippen LogP contribution in [0.25, 0.3) is 0 Å². The Balaban J connectivity index is 2.32. The maximum absolute atomic E-state index is 12.6. The van der Waals surface area contributed by atoms with E-state index in [1.54, 1.807) is 26.0 Å². The first kappa shape index (κ1) is 20.7. The lowest BCUT2D eigenvalue weighted by molar-refractivity contribution is 0.102. The van der Waals surface area contributed by atoms with E-state index < -0.39 is 15.9 Å². The van der Waals surface area contributed by atoms with Crippen molar-refractivity contribution in [2.75, 3.05) is 24.7 Å². The van der Waals surface area contributed by atoms with E-state index in [1.807, 2.05) is 6.26 Å². The first-order valence-corrected chi connectivity index (χ1v) is 11.0. The van der Waals surface area contributed by atoms with Gasteiger partial charge in [0, 0.05) is 13.1 Å². The van der Waals surface area contributed by atoms with Crippen LogP contribution < -0.4 is 5.32 Å². The maximum atomic E-state index is 12.6. The highest BCUT2D eigenvalue weighted by Gasteiger charge is 2.24. The number of sulfonamides is 1. The van der Waals surface area contributed by atoms with Crippen molar-refractivity contribution >= 4 is 45.0 Å². The van der Waals surface area contributed by atoms with Gasteiger partial charge in [-0.25, -0.2) is 13.4 Å². The summed E-state index contributed by atoms with van der Waals surface area (Å²) in [6, 6.07) is 7.63. The molecular formula is C17H20ClN3O3S2. The maximum Gasteiger partial charge on any atom is 0.257 e. The molecule has 0 aliphatic heterocycles. The summed E-state index contributed by atoms with van der Waals surface area (Å²) in [5, 5.41) is 3.69. The molecule has 1 aromatic carbocycles. The lowest BCUT2D eigenvalue weighted by Gasteiger charge is -2.19. The summed E-state index contributed by atoms with van der Waals surface area (Å²) in [5.41, 5.74) is 0.592. The molecular weight excluding hydrogens is 394 g/mol. The number of hydrogen-bond acceptors (Lipinski definition) is 5. The van der Waals surface area contributed by atoms with E-state index in [-0.39, 0.29) is 15.5 Å². The van der Waals surface area contributed by atoms with Crippen LogP contribution in [0.5, 0.6) is 0 Å². The molecule has 0 bridgehead atoms. The minimum atomic E-state index is -3.68. The SMILES string of the molecule is CCN(CC)S(=O)(=O)c1ccc(Cl)c(C(=O)Nc2ccc(SC)nc2)c1. The second-order valence-electron chi connectivity index (χ2n) is 5.27. The predicted molar refractivity (Wildman–Crippen MR) is 106 cm³/mol. The van der Waals surface area contributed by atoms with Gasteiger partial charge in [0.05, 0.1) is 32.4 Å². The average Bonchev–Trinajstić information content (AvgIpc) is 2.63. The molecule has 0 unspecified atom stereocenters. The van der Waals surface area contributed by atoms with Crippen molar-refractivity contribution in [1.29, 1.82) is 0 Å². The lowest BCUT2D eigenvalue weighted by Crippen LogP contribution is -2.30. The molecule has 0 aliphatic rings. The molecule has 1 N–H and O–H groups in total. The van der Waals surface area contributed by atoms with Gasteiger partial charge in [-0.3, -0.25) is 4.79 Å². The zero-order chi connectivity index (χ0) is 19.3. The number of rotatable bonds is 7. The number of anilines is 1. The topological polar surface area (TPSA) is 79.4 Å². The van der Waals surface area contributed by atoms with Crippen molar-refractivity contribution in [3.8, 4) is 0 Å². The fourth-order valence-corrected chi connectivity index (χ4v) is 4.38. The molecule has 0 spiro atoms. The van der Waals surface area contributed by atoms with Crippen LogP contribution in [-0.2, 0) is 10.0 Å². The molecule has 2 rings (SSSR count). The minimum Gasteiger partial charge on any atom is -0.321 e. The van der Waals surface area contributed by atoms with Gasteiger partial charge in [-0.15, -0.1) is 11.8 Å². The molecule has 1 heterocycles. The van der Waals surface area contributed by atoms with Gasteiger partial charge in [0.2, 0.25) is 10.0 Å². The number of thioether (sulfide) groups is 1. The Kier molecular flexibility index (Phi) is 7.05. The highest BCUT2D eigenvalue weighted by atomic mass is 35.5. The first-order valence-electron chi connectivity index (χ1n) is 7.94. The van der Waals surface area contributed by atoms with Crippen LogP contribution in [0, 0.1) is 0 Å². The second-order valence-corrected chi connectivity index (χ2v) is 8.45. The van der Waals surface area contributed by atoms with E-state index in [4.69, 9.17) is 11.6 Å². The lowest BCUT2D eigenvalue weighted by atomic mass is 10.2. The van der Waals surface area contributed by atoms with E-state index in [9.17, 15) is 13.2 Å². The molecule has 140 valence electrons. The van der Waals surface area contributed by atoms with Crippen LogP contribution in [-0.4, -0.2) is 43.0 Å². The Morgan fingerprint density at radius 2 is 1.92 bits per heavy atom. The summed E-state index contributed by atoms with van der Waals surface area (Å²) in [6.45, 7) is 4.21. The number of hydrogen-bond donors (Lipinski definition) is 1. The normalized spacial score (nSPS) is 11.6. The van der Waals surface area contributed by atoms with Crippen LogP contribution in [0.2, 0.25) is 5.02 Å². The molecule has 0 saturated heterocycles. The molecule has 0 radical (unpaired) electrons. The van der Waals surface area contributed by atoms with Crippen LogP contribution in [0.15, 0.2) is 46.5 Å². The third kappa shape index (κ3) is 4.56. The van der Waals surface area contributed by atoms with Gasteiger partial charge >= 0.3 is 0 Å². The predicted octanol–water partition coefficient (Wildman–Crippen LogP) is 3.74. The summed E-state index contributed by atoms with van der Waals surface area (Å²) in [7, 11) is -3.68. The smallest absolute Gasteiger partial charge is 0.257 e. The van der Waals surface area contributed by atoms with Crippen molar-refractivity contribution in [3.63, 3.8) is 0 Å². The Hall–Kier alpha value is -1.61. The Morgan fingerprint density at radius 1 is 1.23 bits per heavy atom. The van der Waals surface area contributed by atoms with Crippen molar-refractivity contribution in [2.24, 2.45) is 0 Å². The summed E-state index contributed by atoms with van der Waals surface area (Å²) in [6.07, 6.45) is 3.44. The monoisotopic (exact) mass is 413 g/mol. The molecule has 9 heteroatoms. The van der Waals surface area contributed by atoms with Crippen molar-refractivity contribution < 1.29 is 13.2 Å². The fourth-order valence-electron chi connectivity index (χ4n) is 2.32. The Morgan fingerprint density at radius 3 is 2.46 bits per heavy atom. The highest BCUT2D eigenvalue weighted by Crippen LogP contribution is 2.24. The van der Waals surface area contributed by atoms with E-state index in [0.29, 0.717) is 18.8 Å². The van der Waals surface area contributed by atoms with E-state index >= 15 is 0 Å². The Labute approximate surface area is 163 Å². The van der Waals surface area contributed by atoms with Gasteiger partial charge in [0.25, 0.3) is 5.91 Å². The number of pyridine rings is 1. The summed E-state index contributed by atoms with van der Waals surface area (Å²) in [5.74, 6) is -0.495. The van der Waals surface area contributed by atoms with E-state index in [0.717, 1.165) is 5.03 Å². The van der Waals surface area contributed by atoms with Gasteiger partial charge < -0.3 is 5.32 Å². The number of benzene rings is 1. The molecule has 26 heavy (non-hydrogen) atoms. The third-order valence-electron chi connectivity index (χ3n) is 3.73. The number of carbonyl (C=O) groups is 1. The summed E-state index contributed by atoms with van der Waals surface area (Å²) in [4.78, 5) is 16.8. The van der Waals surface area contributed by atoms with Crippen LogP contribution in [0.3, 0.4) is 0 Å². The Bertz CT molecular complexity index is 883. The molecule has 0 fully saturated rings. The number of nitrogens with one attached hydrogen (secondary N) is 1. The highest BCUT2D eigenvalue weighted by molar-refractivity contribution is 7.98. The van der Waals surface area contributed by atoms with Crippen LogP contribution >= 0.6 is 23.4 Å². The molecule has 6 nitrogen and oxygen atoms in total. The third-order valence-corrected chi connectivity index (χ3v) is 6.76. The molecule has 1 aromatic heterocycles. The number of halogens is 1. The van der Waals surface area contributed by atoms with Crippen LogP contribution in [0.1, 0.15) is 24.2 Å². The van der Waals surface area contributed by atoms with E-state index in [1.165, 1.54) is 40.5 Å². The largest absolute Gasteiger partial charge is 0.321 e.